The van der Waals surface area contributed by atoms with Gasteiger partial charge in [0.05, 0.1) is 6.61 Å². The number of hydrogen-bond donors (Lipinski definition) is 1. The number of ether oxygens (including phenoxy) is 2. The summed E-state index contributed by atoms with van der Waals surface area (Å²) in [4.78, 5) is 19.6. The molecular weight excluding hydrogens is 302 g/mol. The van der Waals surface area contributed by atoms with Crippen LogP contribution in [0.4, 0.5) is 10.6 Å². The summed E-state index contributed by atoms with van der Waals surface area (Å²) in [7, 11) is 0. The van der Waals surface area contributed by atoms with Crippen LogP contribution in [0.5, 0.6) is 6.01 Å². The Labute approximate surface area is 114 Å². The molecule has 0 saturated carbocycles. The van der Waals surface area contributed by atoms with Crippen molar-refractivity contribution in [2.75, 3.05) is 11.9 Å². The fourth-order valence-electron chi connectivity index (χ4n) is 1.06. The summed E-state index contributed by atoms with van der Waals surface area (Å²) >= 11 is 3.21. The Morgan fingerprint density at radius 1 is 1.44 bits per heavy atom. The van der Waals surface area contributed by atoms with E-state index in [0.29, 0.717) is 17.0 Å². The van der Waals surface area contributed by atoms with E-state index >= 15 is 0 Å². The molecule has 1 heterocycles. The molecule has 1 aromatic rings. The maximum atomic E-state index is 11.6. The molecule has 0 bridgehead atoms. The first-order chi connectivity index (χ1) is 8.30. The Hall–Kier alpha value is -1.37. The smallest absolute Gasteiger partial charge is 0.413 e. The van der Waals surface area contributed by atoms with E-state index < -0.39 is 11.7 Å². The van der Waals surface area contributed by atoms with E-state index in [1.54, 1.807) is 26.8 Å². The highest BCUT2D eigenvalue weighted by atomic mass is 79.9. The van der Waals surface area contributed by atoms with Gasteiger partial charge in [-0.25, -0.2) is 4.79 Å². The summed E-state index contributed by atoms with van der Waals surface area (Å²) in [5.74, 6) is 0.314. The number of nitrogens with zero attached hydrogens (tertiary/aromatic N) is 2. The van der Waals surface area contributed by atoms with E-state index in [-0.39, 0.29) is 6.01 Å². The van der Waals surface area contributed by atoms with Gasteiger partial charge in [-0.1, -0.05) is 0 Å². The van der Waals surface area contributed by atoms with E-state index in [1.807, 2.05) is 6.92 Å². The van der Waals surface area contributed by atoms with E-state index in [0.717, 1.165) is 0 Å². The van der Waals surface area contributed by atoms with Crippen molar-refractivity contribution in [1.82, 2.24) is 9.97 Å². The minimum Gasteiger partial charge on any atom is -0.464 e. The highest BCUT2D eigenvalue weighted by Crippen LogP contribution is 2.17. The summed E-state index contributed by atoms with van der Waals surface area (Å²) in [6.07, 6.45) is -0.574. The maximum absolute atomic E-state index is 11.6. The first-order valence-electron chi connectivity index (χ1n) is 5.47. The third kappa shape index (κ3) is 5.31. The molecule has 0 aliphatic carbocycles. The molecule has 1 rings (SSSR count). The largest absolute Gasteiger partial charge is 0.464 e. The summed E-state index contributed by atoms with van der Waals surface area (Å²) in [6, 6.07) is 1.75. The number of amides is 1. The van der Waals surface area contributed by atoms with E-state index in [2.05, 4.69) is 31.2 Å². The second kappa shape index (κ2) is 5.99. The van der Waals surface area contributed by atoms with Gasteiger partial charge in [0.2, 0.25) is 0 Å². The Kier molecular flexibility index (Phi) is 4.89. The topological polar surface area (TPSA) is 73.3 Å². The lowest BCUT2D eigenvalue weighted by Gasteiger charge is -2.19. The third-order valence-corrected chi connectivity index (χ3v) is 1.98. The minimum absolute atomic E-state index is 0.193. The lowest BCUT2D eigenvalue weighted by atomic mass is 10.2. The number of hydrogen-bond acceptors (Lipinski definition) is 5. The monoisotopic (exact) mass is 317 g/mol. The number of carbonyl (C=O) groups excluding carboxylic acids is 1. The molecule has 100 valence electrons. The normalized spacial score (nSPS) is 10.9. The molecule has 18 heavy (non-hydrogen) atoms. The number of rotatable bonds is 3. The molecule has 0 atom stereocenters. The van der Waals surface area contributed by atoms with Gasteiger partial charge >= 0.3 is 12.1 Å². The van der Waals surface area contributed by atoms with Gasteiger partial charge in [-0.3, -0.25) is 5.32 Å². The van der Waals surface area contributed by atoms with Crippen molar-refractivity contribution in [3.63, 3.8) is 0 Å². The van der Waals surface area contributed by atoms with Gasteiger partial charge in [-0.2, -0.15) is 9.97 Å². The fraction of sp³-hybridized carbons (Fsp3) is 0.545. The van der Waals surface area contributed by atoms with Crippen LogP contribution in [-0.4, -0.2) is 28.3 Å². The molecule has 0 aliphatic heterocycles. The quantitative estimate of drug-likeness (QED) is 0.867. The fourth-order valence-corrected chi connectivity index (χ4v) is 1.43. The summed E-state index contributed by atoms with van der Waals surface area (Å²) in [5.41, 5.74) is -0.558. The molecule has 6 nitrogen and oxygen atoms in total. The summed E-state index contributed by atoms with van der Waals surface area (Å²) in [5, 5.41) is 2.52. The van der Waals surface area contributed by atoms with Crippen LogP contribution in [-0.2, 0) is 4.74 Å². The number of halogens is 1. The SMILES string of the molecule is CCOc1nc(Br)cc(NC(=O)OC(C)(C)C)n1. The van der Waals surface area contributed by atoms with Gasteiger partial charge in [0.25, 0.3) is 0 Å². The zero-order valence-electron chi connectivity index (χ0n) is 10.8. The van der Waals surface area contributed by atoms with Crippen molar-refractivity contribution in [3.8, 4) is 6.01 Å². The number of aromatic nitrogens is 2. The minimum atomic E-state index is -0.574. The average molecular weight is 318 g/mol. The zero-order chi connectivity index (χ0) is 13.8. The second-order valence-electron chi connectivity index (χ2n) is 4.42. The van der Waals surface area contributed by atoms with Gasteiger partial charge in [0.15, 0.2) is 0 Å². The summed E-state index contributed by atoms with van der Waals surface area (Å²) < 4.78 is 10.8. The second-order valence-corrected chi connectivity index (χ2v) is 5.23. The van der Waals surface area contributed by atoms with Crippen molar-refractivity contribution in [2.24, 2.45) is 0 Å². The van der Waals surface area contributed by atoms with Crippen LogP contribution in [0.3, 0.4) is 0 Å². The van der Waals surface area contributed by atoms with Crippen LogP contribution in [0.15, 0.2) is 10.7 Å². The van der Waals surface area contributed by atoms with Gasteiger partial charge in [0.1, 0.15) is 16.0 Å². The number of carbonyl (C=O) groups is 1. The molecule has 7 heteroatoms. The molecule has 1 N–H and O–H groups in total. The predicted octanol–water partition coefficient (Wildman–Crippen LogP) is 2.98. The molecule has 1 amide bonds. The summed E-state index contributed by atoms with van der Waals surface area (Å²) in [6.45, 7) is 7.63. The molecule has 0 aliphatic rings. The first-order valence-corrected chi connectivity index (χ1v) is 6.27. The average Bonchev–Trinajstić information content (AvgIpc) is 2.12. The highest BCUT2D eigenvalue weighted by molar-refractivity contribution is 9.10. The van der Waals surface area contributed by atoms with Gasteiger partial charge < -0.3 is 9.47 Å². The van der Waals surface area contributed by atoms with Crippen LogP contribution < -0.4 is 10.1 Å². The third-order valence-electron chi connectivity index (χ3n) is 1.58. The Bertz CT molecular complexity index is 432. The molecule has 0 fully saturated rings. The molecule has 1 aromatic heterocycles. The predicted molar refractivity (Wildman–Crippen MR) is 70.8 cm³/mol. The van der Waals surface area contributed by atoms with Gasteiger partial charge in [0, 0.05) is 6.07 Å². The first kappa shape index (κ1) is 14.7. The standard InChI is InChI=1S/C11H16BrN3O3/c1-5-17-9-13-7(12)6-8(14-9)15-10(16)18-11(2,3)4/h6H,5H2,1-4H3,(H,13,14,15,16). The maximum Gasteiger partial charge on any atom is 0.413 e. The molecule has 0 radical (unpaired) electrons. The van der Waals surface area contributed by atoms with Crippen molar-refractivity contribution in [1.29, 1.82) is 0 Å². The Morgan fingerprint density at radius 2 is 2.11 bits per heavy atom. The van der Waals surface area contributed by atoms with Crippen molar-refractivity contribution >= 4 is 27.8 Å². The molecule has 0 unspecified atom stereocenters. The number of anilines is 1. The van der Waals surface area contributed by atoms with E-state index in [1.165, 1.54) is 0 Å². The lowest BCUT2D eigenvalue weighted by Crippen LogP contribution is -2.27. The Balaban J connectivity index is 2.75. The van der Waals surface area contributed by atoms with Crippen molar-refractivity contribution < 1.29 is 14.3 Å². The van der Waals surface area contributed by atoms with Crippen molar-refractivity contribution in [2.45, 2.75) is 33.3 Å². The van der Waals surface area contributed by atoms with E-state index in [9.17, 15) is 4.79 Å². The lowest BCUT2D eigenvalue weighted by molar-refractivity contribution is 0.0635. The van der Waals surface area contributed by atoms with Crippen molar-refractivity contribution in [3.05, 3.63) is 10.7 Å². The highest BCUT2D eigenvalue weighted by Gasteiger charge is 2.17. The van der Waals surface area contributed by atoms with Gasteiger partial charge in [-0.15, -0.1) is 0 Å². The van der Waals surface area contributed by atoms with Crippen LogP contribution in [0.25, 0.3) is 0 Å². The van der Waals surface area contributed by atoms with Crippen LogP contribution >= 0.6 is 15.9 Å². The molecule has 0 aromatic carbocycles. The van der Waals surface area contributed by atoms with Crippen LogP contribution in [0.2, 0.25) is 0 Å². The van der Waals surface area contributed by atoms with Crippen LogP contribution in [0.1, 0.15) is 27.7 Å². The van der Waals surface area contributed by atoms with E-state index in [4.69, 9.17) is 9.47 Å². The molecular formula is C11H16BrN3O3. The zero-order valence-corrected chi connectivity index (χ0v) is 12.4. The van der Waals surface area contributed by atoms with Crippen LogP contribution in [0, 0.1) is 0 Å². The number of nitrogens with one attached hydrogen (secondary N) is 1. The molecule has 0 saturated heterocycles. The molecule has 0 spiro atoms. The van der Waals surface area contributed by atoms with Gasteiger partial charge in [-0.05, 0) is 43.6 Å². The Morgan fingerprint density at radius 3 is 2.67 bits per heavy atom.